The summed E-state index contributed by atoms with van der Waals surface area (Å²) in [5, 5.41) is -0.0435. The molecular formula is C10H11ClN2O2S. The lowest BCUT2D eigenvalue weighted by atomic mass is 10.5. The molecule has 0 aliphatic rings. The lowest BCUT2D eigenvalue weighted by molar-refractivity contribution is 0.464. The molecule has 0 spiro atoms. The van der Waals surface area contributed by atoms with E-state index in [0.717, 1.165) is 4.31 Å². The minimum Gasteiger partial charge on any atom is -0.243 e. The van der Waals surface area contributed by atoms with Gasteiger partial charge in [0.25, 0.3) is 0 Å². The molecule has 86 valence electrons. The van der Waals surface area contributed by atoms with E-state index >= 15 is 0 Å². The van der Waals surface area contributed by atoms with Gasteiger partial charge in [-0.1, -0.05) is 24.4 Å². The SMILES string of the molecule is C#CCN(CC)S(=O)(=O)c1cccnc1Cl. The van der Waals surface area contributed by atoms with Gasteiger partial charge in [-0.15, -0.1) is 6.42 Å². The van der Waals surface area contributed by atoms with Crippen LogP contribution in [-0.2, 0) is 10.0 Å². The van der Waals surface area contributed by atoms with Gasteiger partial charge in [0, 0.05) is 12.7 Å². The Labute approximate surface area is 100 Å². The van der Waals surface area contributed by atoms with Crippen LogP contribution >= 0.6 is 11.6 Å². The monoisotopic (exact) mass is 258 g/mol. The summed E-state index contributed by atoms with van der Waals surface area (Å²) in [4.78, 5) is 3.71. The molecule has 0 saturated heterocycles. The minimum atomic E-state index is -3.65. The van der Waals surface area contributed by atoms with Gasteiger partial charge in [-0.25, -0.2) is 13.4 Å². The molecule has 0 N–H and O–H groups in total. The zero-order chi connectivity index (χ0) is 12.2. The average Bonchev–Trinajstić information content (AvgIpc) is 2.26. The fourth-order valence-corrected chi connectivity index (χ4v) is 2.96. The van der Waals surface area contributed by atoms with Crippen LogP contribution in [0.25, 0.3) is 0 Å². The number of rotatable bonds is 4. The first-order chi connectivity index (χ1) is 7.54. The highest BCUT2D eigenvalue weighted by Gasteiger charge is 2.25. The Kier molecular flexibility index (Phi) is 4.30. The quantitative estimate of drug-likeness (QED) is 0.606. The number of pyridine rings is 1. The predicted octanol–water partition coefficient (Wildman–Crippen LogP) is 1.38. The predicted molar refractivity (Wildman–Crippen MR) is 62.5 cm³/mol. The van der Waals surface area contributed by atoms with Crippen molar-refractivity contribution in [1.82, 2.24) is 9.29 Å². The molecule has 0 aromatic carbocycles. The molecule has 4 nitrogen and oxygen atoms in total. The molecule has 0 atom stereocenters. The van der Waals surface area contributed by atoms with Gasteiger partial charge in [0.1, 0.15) is 10.0 Å². The Morgan fingerprint density at radius 1 is 1.62 bits per heavy atom. The molecule has 0 radical (unpaired) electrons. The van der Waals surface area contributed by atoms with Crippen molar-refractivity contribution in [2.24, 2.45) is 0 Å². The maximum absolute atomic E-state index is 12.1. The van der Waals surface area contributed by atoms with Crippen molar-refractivity contribution in [3.8, 4) is 12.3 Å². The van der Waals surface area contributed by atoms with Crippen molar-refractivity contribution < 1.29 is 8.42 Å². The number of hydrogen-bond acceptors (Lipinski definition) is 3. The summed E-state index contributed by atoms with van der Waals surface area (Å²) < 4.78 is 25.3. The van der Waals surface area contributed by atoms with E-state index in [4.69, 9.17) is 18.0 Å². The summed E-state index contributed by atoms with van der Waals surface area (Å²) >= 11 is 5.74. The smallest absolute Gasteiger partial charge is 0.243 e. The maximum atomic E-state index is 12.1. The second kappa shape index (κ2) is 5.30. The molecule has 0 amide bonds. The molecule has 16 heavy (non-hydrogen) atoms. The summed E-state index contributed by atoms with van der Waals surface area (Å²) in [7, 11) is -3.65. The minimum absolute atomic E-state index is 0.0179. The first kappa shape index (κ1) is 13.0. The van der Waals surface area contributed by atoms with E-state index in [1.165, 1.54) is 18.3 Å². The molecule has 1 heterocycles. The molecule has 0 saturated carbocycles. The fraction of sp³-hybridized carbons (Fsp3) is 0.300. The van der Waals surface area contributed by atoms with Crippen LogP contribution in [0.3, 0.4) is 0 Å². The van der Waals surface area contributed by atoms with Crippen LogP contribution in [-0.4, -0.2) is 30.8 Å². The van der Waals surface area contributed by atoms with Gasteiger partial charge in [0.2, 0.25) is 10.0 Å². The Morgan fingerprint density at radius 2 is 2.31 bits per heavy atom. The van der Waals surface area contributed by atoms with Gasteiger partial charge >= 0.3 is 0 Å². The normalized spacial score (nSPS) is 11.4. The van der Waals surface area contributed by atoms with E-state index < -0.39 is 10.0 Å². The van der Waals surface area contributed by atoms with Crippen molar-refractivity contribution >= 4 is 21.6 Å². The van der Waals surface area contributed by atoms with Crippen LogP contribution in [0.1, 0.15) is 6.92 Å². The Balaban J connectivity index is 3.22. The van der Waals surface area contributed by atoms with E-state index in [1.54, 1.807) is 6.92 Å². The highest BCUT2D eigenvalue weighted by Crippen LogP contribution is 2.21. The highest BCUT2D eigenvalue weighted by molar-refractivity contribution is 7.89. The van der Waals surface area contributed by atoms with Crippen molar-refractivity contribution in [1.29, 1.82) is 0 Å². The van der Waals surface area contributed by atoms with Crippen molar-refractivity contribution in [3.63, 3.8) is 0 Å². The Morgan fingerprint density at radius 3 is 2.81 bits per heavy atom. The number of hydrogen-bond donors (Lipinski definition) is 0. The van der Waals surface area contributed by atoms with Gasteiger partial charge in [-0.3, -0.25) is 0 Å². The first-order valence-corrected chi connectivity index (χ1v) is 6.40. The third-order valence-electron chi connectivity index (χ3n) is 1.96. The summed E-state index contributed by atoms with van der Waals surface area (Å²) in [6.45, 7) is 2.01. The topological polar surface area (TPSA) is 50.3 Å². The molecule has 6 heteroatoms. The van der Waals surface area contributed by atoms with E-state index in [0.29, 0.717) is 0 Å². The molecule has 0 aliphatic carbocycles. The molecule has 0 bridgehead atoms. The third kappa shape index (κ3) is 2.53. The number of sulfonamides is 1. The number of nitrogens with zero attached hydrogens (tertiary/aromatic N) is 2. The Hall–Kier alpha value is -1.09. The average molecular weight is 259 g/mol. The molecule has 1 rings (SSSR count). The Bertz CT molecular complexity index is 508. The summed E-state index contributed by atoms with van der Waals surface area (Å²) in [5.41, 5.74) is 0. The lowest BCUT2D eigenvalue weighted by Crippen LogP contribution is -2.31. The van der Waals surface area contributed by atoms with Gasteiger partial charge in [0.15, 0.2) is 0 Å². The summed E-state index contributed by atoms with van der Waals surface area (Å²) in [6, 6.07) is 2.92. The zero-order valence-corrected chi connectivity index (χ0v) is 10.3. The molecule has 0 fully saturated rings. The van der Waals surface area contributed by atoms with Gasteiger partial charge < -0.3 is 0 Å². The van der Waals surface area contributed by atoms with Crippen molar-refractivity contribution in [2.45, 2.75) is 11.8 Å². The highest BCUT2D eigenvalue weighted by atomic mass is 35.5. The molecular weight excluding hydrogens is 248 g/mol. The maximum Gasteiger partial charge on any atom is 0.247 e. The summed E-state index contributed by atoms with van der Waals surface area (Å²) in [5.74, 6) is 2.30. The molecule has 1 aromatic rings. The van der Waals surface area contributed by atoms with E-state index in [-0.39, 0.29) is 23.1 Å². The van der Waals surface area contributed by atoms with Gasteiger partial charge in [-0.05, 0) is 12.1 Å². The number of halogens is 1. The van der Waals surface area contributed by atoms with Crippen LogP contribution in [0.15, 0.2) is 23.2 Å². The van der Waals surface area contributed by atoms with Gasteiger partial charge in [-0.2, -0.15) is 4.31 Å². The van der Waals surface area contributed by atoms with E-state index in [9.17, 15) is 8.42 Å². The fourth-order valence-electron chi connectivity index (χ4n) is 1.17. The molecule has 0 unspecified atom stereocenters. The van der Waals surface area contributed by atoms with Crippen molar-refractivity contribution in [3.05, 3.63) is 23.5 Å². The van der Waals surface area contributed by atoms with Crippen LogP contribution in [0, 0.1) is 12.3 Å². The van der Waals surface area contributed by atoms with E-state index in [1.807, 2.05) is 0 Å². The van der Waals surface area contributed by atoms with Crippen LogP contribution in [0.5, 0.6) is 0 Å². The first-order valence-electron chi connectivity index (χ1n) is 4.58. The zero-order valence-electron chi connectivity index (χ0n) is 8.72. The van der Waals surface area contributed by atoms with Crippen LogP contribution in [0.4, 0.5) is 0 Å². The standard InChI is InChI=1S/C10H11ClN2O2S/c1-3-8-13(4-2)16(14,15)9-6-5-7-12-10(9)11/h1,5-7H,4,8H2,2H3. The number of aromatic nitrogens is 1. The molecule has 1 aromatic heterocycles. The molecule has 0 aliphatic heterocycles. The van der Waals surface area contributed by atoms with E-state index in [2.05, 4.69) is 10.9 Å². The van der Waals surface area contributed by atoms with Gasteiger partial charge in [0.05, 0.1) is 6.54 Å². The largest absolute Gasteiger partial charge is 0.247 e. The van der Waals surface area contributed by atoms with Crippen LogP contribution in [0.2, 0.25) is 5.15 Å². The second-order valence-corrected chi connectivity index (χ2v) is 5.19. The second-order valence-electron chi connectivity index (χ2n) is 2.93. The summed E-state index contributed by atoms with van der Waals surface area (Å²) in [6.07, 6.45) is 6.54. The van der Waals surface area contributed by atoms with Crippen molar-refractivity contribution in [2.75, 3.05) is 13.1 Å². The lowest BCUT2D eigenvalue weighted by Gasteiger charge is -2.17. The van der Waals surface area contributed by atoms with Crippen LogP contribution < -0.4 is 0 Å². The number of terminal acetylenes is 1. The third-order valence-corrected chi connectivity index (χ3v) is 4.33.